The Kier molecular flexibility index (Phi) is 2.76. The molecular weight excluding hydrogens is 236 g/mol. The first kappa shape index (κ1) is 11.5. The van der Waals surface area contributed by atoms with Crippen molar-refractivity contribution in [2.45, 2.75) is 6.92 Å². The van der Waals surface area contributed by atoms with Gasteiger partial charge in [-0.1, -0.05) is 30.3 Å². The van der Waals surface area contributed by atoms with Gasteiger partial charge in [0.25, 0.3) is 0 Å². The van der Waals surface area contributed by atoms with Gasteiger partial charge in [0.1, 0.15) is 6.33 Å². The number of rotatable bonds is 2. The number of hydrogen-bond acceptors (Lipinski definition) is 3. The van der Waals surface area contributed by atoms with Crippen molar-refractivity contribution >= 4 is 5.69 Å². The molecule has 0 amide bonds. The Hall–Kier alpha value is -2.62. The summed E-state index contributed by atoms with van der Waals surface area (Å²) in [5, 5.41) is 8.20. The minimum Gasteiger partial charge on any atom is -0.398 e. The van der Waals surface area contributed by atoms with Gasteiger partial charge in [0, 0.05) is 16.9 Å². The Morgan fingerprint density at radius 3 is 2.58 bits per heavy atom. The number of para-hydroxylation sites is 2. The first-order valence-electron chi connectivity index (χ1n) is 6.08. The highest BCUT2D eigenvalue weighted by atomic mass is 15.3. The van der Waals surface area contributed by atoms with Crippen LogP contribution in [0.3, 0.4) is 0 Å². The number of anilines is 1. The van der Waals surface area contributed by atoms with E-state index in [-0.39, 0.29) is 0 Å². The molecule has 0 aliphatic rings. The number of aryl methyl sites for hydroxylation is 1. The quantitative estimate of drug-likeness (QED) is 0.711. The maximum atomic E-state index is 6.14. The molecule has 0 unspecified atom stereocenters. The van der Waals surface area contributed by atoms with Gasteiger partial charge in [-0.05, 0) is 30.7 Å². The number of nitrogens with zero attached hydrogens (tertiary/aromatic N) is 3. The minimum absolute atomic E-state index is 0.743. The molecule has 0 atom stereocenters. The summed E-state index contributed by atoms with van der Waals surface area (Å²) in [6.07, 6.45) is 1.70. The van der Waals surface area contributed by atoms with Gasteiger partial charge in [0.15, 0.2) is 5.82 Å². The number of nitrogen functional groups attached to an aromatic ring is 1. The van der Waals surface area contributed by atoms with Crippen LogP contribution in [0.25, 0.3) is 17.1 Å². The van der Waals surface area contributed by atoms with E-state index in [9.17, 15) is 0 Å². The van der Waals surface area contributed by atoms with Crippen molar-refractivity contribution in [1.29, 1.82) is 0 Å². The molecule has 1 aromatic heterocycles. The summed E-state index contributed by atoms with van der Waals surface area (Å²) in [5.41, 5.74) is 9.85. The van der Waals surface area contributed by atoms with Gasteiger partial charge in [-0.25, -0.2) is 0 Å². The van der Waals surface area contributed by atoms with E-state index in [1.165, 1.54) is 0 Å². The first-order chi connectivity index (χ1) is 9.27. The van der Waals surface area contributed by atoms with E-state index in [1.54, 1.807) is 6.33 Å². The van der Waals surface area contributed by atoms with E-state index in [1.807, 2.05) is 60.0 Å². The van der Waals surface area contributed by atoms with Gasteiger partial charge in [-0.3, -0.25) is 4.57 Å². The SMILES string of the molecule is Cc1cccc(-c2nncn2-c2ccccc2)c1N. The predicted molar refractivity (Wildman–Crippen MR) is 75.9 cm³/mol. The van der Waals surface area contributed by atoms with Crippen molar-refractivity contribution in [2.24, 2.45) is 0 Å². The van der Waals surface area contributed by atoms with E-state index < -0.39 is 0 Å². The summed E-state index contributed by atoms with van der Waals surface area (Å²) in [6.45, 7) is 1.99. The summed E-state index contributed by atoms with van der Waals surface area (Å²) in [4.78, 5) is 0. The molecule has 2 N–H and O–H groups in total. The Balaban J connectivity index is 2.18. The zero-order valence-corrected chi connectivity index (χ0v) is 10.6. The van der Waals surface area contributed by atoms with Gasteiger partial charge >= 0.3 is 0 Å². The van der Waals surface area contributed by atoms with Crippen LogP contribution in [-0.2, 0) is 0 Å². The molecule has 3 rings (SSSR count). The zero-order chi connectivity index (χ0) is 13.2. The Labute approximate surface area is 111 Å². The van der Waals surface area contributed by atoms with Crippen LogP contribution in [0.1, 0.15) is 5.56 Å². The van der Waals surface area contributed by atoms with Gasteiger partial charge in [-0.15, -0.1) is 10.2 Å². The van der Waals surface area contributed by atoms with Crippen molar-refractivity contribution < 1.29 is 0 Å². The number of hydrogen-bond donors (Lipinski definition) is 1. The molecule has 94 valence electrons. The lowest BCUT2D eigenvalue weighted by Crippen LogP contribution is -2.00. The average Bonchev–Trinajstić information content (AvgIpc) is 2.92. The highest BCUT2D eigenvalue weighted by Crippen LogP contribution is 2.28. The molecule has 3 aromatic rings. The monoisotopic (exact) mass is 250 g/mol. The standard InChI is InChI=1S/C15H14N4/c1-11-6-5-9-13(14(11)16)15-18-17-10-19(15)12-7-3-2-4-8-12/h2-10H,16H2,1H3. The van der Waals surface area contributed by atoms with E-state index >= 15 is 0 Å². The zero-order valence-electron chi connectivity index (χ0n) is 10.6. The summed E-state index contributed by atoms with van der Waals surface area (Å²) < 4.78 is 1.94. The average molecular weight is 250 g/mol. The van der Waals surface area contributed by atoms with Gasteiger partial charge in [0.05, 0.1) is 0 Å². The molecule has 0 aliphatic carbocycles. The smallest absolute Gasteiger partial charge is 0.170 e. The van der Waals surface area contributed by atoms with Crippen LogP contribution < -0.4 is 5.73 Å². The number of aromatic nitrogens is 3. The summed E-state index contributed by atoms with van der Waals surface area (Å²) in [6, 6.07) is 15.9. The fourth-order valence-electron chi connectivity index (χ4n) is 2.07. The molecule has 0 aliphatic heterocycles. The molecule has 0 saturated carbocycles. The van der Waals surface area contributed by atoms with E-state index in [4.69, 9.17) is 5.73 Å². The predicted octanol–water partition coefficient (Wildman–Crippen LogP) is 2.82. The molecule has 4 heteroatoms. The fourth-order valence-corrected chi connectivity index (χ4v) is 2.07. The summed E-state index contributed by atoms with van der Waals surface area (Å²) >= 11 is 0. The Bertz CT molecular complexity index is 701. The van der Waals surface area contributed by atoms with Crippen LogP contribution in [0.15, 0.2) is 54.9 Å². The van der Waals surface area contributed by atoms with E-state index in [2.05, 4.69) is 10.2 Å². The van der Waals surface area contributed by atoms with Crippen LogP contribution in [0.4, 0.5) is 5.69 Å². The third kappa shape index (κ3) is 1.97. The maximum absolute atomic E-state index is 6.14. The second-order valence-electron chi connectivity index (χ2n) is 4.40. The lowest BCUT2D eigenvalue weighted by Gasteiger charge is -2.10. The summed E-state index contributed by atoms with van der Waals surface area (Å²) in [5.74, 6) is 0.757. The Morgan fingerprint density at radius 2 is 1.79 bits per heavy atom. The molecule has 0 bridgehead atoms. The highest BCUT2D eigenvalue weighted by molar-refractivity contribution is 5.75. The third-order valence-electron chi connectivity index (χ3n) is 3.15. The normalized spacial score (nSPS) is 10.6. The lowest BCUT2D eigenvalue weighted by atomic mass is 10.1. The van der Waals surface area contributed by atoms with E-state index in [0.717, 1.165) is 28.3 Å². The molecular formula is C15H14N4. The van der Waals surface area contributed by atoms with Crippen molar-refractivity contribution in [2.75, 3.05) is 5.73 Å². The van der Waals surface area contributed by atoms with Gasteiger partial charge in [0.2, 0.25) is 0 Å². The van der Waals surface area contributed by atoms with Crippen LogP contribution in [-0.4, -0.2) is 14.8 Å². The number of benzene rings is 2. The van der Waals surface area contributed by atoms with E-state index in [0.29, 0.717) is 0 Å². The highest BCUT2D eigenvalue weighted by Gasteiger charge is 2.12. The number of nitrogens with two attached hydrogens (primary N) is 1. The fraction of sp³-hybridized carbons (Fsp3) is 0.0667. The molecule has 19 heavy (non-hydrogen) atoms. The summed E-state index contributed by atoms with van der Waals surface area (Å²) in [7, 11) is 0. The molecule has 0 spiro atoms. The Morgan fingerprint density at radius 1 is 1.00 bits per heavy atom. The van der Waals surface area contributed by atoms with Gasteiger partial charge < -0.3 is 5.73 Å². The molecule has 0 saturated heterocycles. The maximum Gasteiger partial charge on any atom is 0.170 e. The van der Waals surface area contributed by atoms with Crippen LogP contribution in [0, 0.1) is 6.92 Å². The first-order valence-corrected chi connectivity index (χ1v) is 6.08. The van der Waals surface area contributed by atoms with Crippen LogP contribution in [0.2, 0.25) is 0 Å². The van der Waals surface area contributed by atoms with Crippen LogP contribution in [0.5, 0.6) is 0 Å². The van der Waals surface area contributed by atoms with Crippen LogP contribution >= 0.6 is 0 Å². The second kappa shape index (κ2) is 4.57. The lowest BCUT2D eigenvalue weighted by molar-refractivity contribution is 1.06. The van der Waals surface area contributed by atoms with Crippen molar-refractivity contribution in [1.82, 2.24) is 14.8 Å². The van der Waals surface area contributed by atoms with Crippen molar-refractivity contribution in [3.63, 3.8) is 0 Å². The van der Waals surface area contributed by atoms with Crippen molar-refractivity contribution in [3.05, 3.63) is 60.4 Å². The topological polar surface area (TPSA) is 56.7 Å². The van der Waals surface area contributed by atoms with Gasteiger partial charge in [-0.2, -0.15) is 0 Å². The molecule has 0 fully saturated rings. The molecule has 1 heterocycles. The molecule has 4 nitrogen and oxygen atoms in total. The minimum atomic E-state index is 0.743. The largest absolute Gasteiger partial charge is 0.398 e. The third-order valence-corrected chi connectivity index (χ3v) is 3.15. The molecule has 2 aromatic carbocycles. The second-order valence-corrected chi connectivity index (χ2v) is 4.40. The molecule has 0 radical (unpaired) electrons. The van der Waals surface area contributed by atoms with Crippen molar-refractivity contribution in [3.8, 4) is 17.1 Å².